The summed E-state index contributed by atoms with van der Waals surface area (Å²) >= 11 is 1.92. The number of hydrogen-bond acceptors (Lipinski definition) is 1. The summed E-state index contributed by atoms with van der Waals surface area (Å²) in [6.45, 7) is 9.59. The molecule has 0 amide bonds. The Kier molecular flexibility index (Phi) is 9.16. The molecule has 0 nitrogen and oxygen atoms in total. The zero-order chi connectivity index (χ0) is 43.9. The lowest BCUT2D eigenvalue weighted by Gasteiger charge is -2.23. The van der Waals surface area contributed by atoms with Gasteiger partial charge in [0, 0.05) is 36.4 Å². The van der Waals surface area contributed by atoms with Crippen molar-refractivity contribution < 1.29 is 0 Å². The van der Waals surface area contributed by atoms with Gasteiger partial charge in [-0.1, -0.05) is 222 Å². The van der Waals surface area contributed by atoms with Crippen molar-refractivity contribution in [2.24, 2.45) is 0 Å². The molecule has 0 atom stereocenters. The molecule has 1 heteroatoms. The molecular formula is C64H48S. The molecule has 0 saturated carbocycles. The first kappa shape index (κ1) is 39.3. The van der Waals surface area contributed by atoms with E-state index < -0.39 is 0 Å². The molecule has 0 bridgehead atoms. The molecule has 10 aromatic rings. The van der Waals surface area contributed by atoms with Gasteiger partial charge in [-0.3, -0.25) is 0 Å². The molecule has 0 fully saturated rings. The first-order valence-electron chi connectivity index (χ1n) is 22.8. The van der Waals surface area contributed by atoms with Crippen LogP contribution < -0.4 is 0 Å². The Morgan fingerprint density at radius 1 is 0.292 bits per heavy atom. The van der Waals surface area contributed by atoms with Gasteiger partial charge in [0.1, 0.15) is 0 Å². The van der Waals surface area contributed by atoms with Crippen molar-refractivity contribution in [2.75, 3.05) is 0 Å². The molecule has 65 heavy (non-hydrogen) atoms. The third-order valence-corrected chi connectivity index (χ3v) is 15.6. The fourth-order valence-corrected chi connectivity index (χ4v) is 12.2. The van der Waals surface area contributed by atoms with Crippen molar-refractivity contribution in [3.8, 4) is 55.6 Å². The van der Waals surface area contributed by atoms with Crippen LogP contribution in [0.4, 0.5) is 0 Å². The maximum absolute atomic E-state index is 2.48. The van der Waals surface area contributed by atoms with Crippen molar-refractivity contribution in [1.29, 1.82) is 0 Å². The van der Waals surface area contributed by atoms with Crippen LogP contribution in [0.5, 0.6) is 0 Å². The van der Waals surface area contributed by atoms with E-state index in [1.807, 2.05) is 11.3 Å². The van der Waals surface area contributed by atoms with Crippen LogP contribution in [0.25, 0.3) is 97.4 Å². The highest BCUT2D eigenvalue weighted by Gasteiger charge is 2.38. The number of benzene rings is 8. The van der Waals surface area contributed by atoms with Crippen molar-refractivity contribution in [3.63, 3.8) is 0 Å². The van der Waals surface area contributed by atoms with Gasteiger partial charge in [-0.15, -0.1) is 11.3 Å². The lowest BCUT2D eigenvalue weighted by atomic mass is 9.80. The van der Waals surface area contributed by atoms with Crippen LogP contribution in [0, 0.1) is 0 Å². The molecule has 0 N–H and O–H groups in total. The van der Waals surface area contributed by atoms with Crippen LogP contribution in [0.1, 0.15) is 49.9 Å². The molecule has 1 aromatic heterocycles. The van der Waals surface area contributed by atoms with Gasteiger partial charge in [0.15, 0.2) is 0 Å². The third-order valence-electron chi connectivity index (χ3n) is 14.4. The molecule has 12 rings (SSSR count). The van der Waals surface area contributed by atoms with E-state index in [-0.39, 0.29) is 10.8 Å². The molecule has 9 aromatic carbocycles. The van der Waals surface area contributed by atoms with Crippen LogP contribution in [0.15, 0.2) is 218 Å². The first-order valence-corrected chi connectivity index (χ1v) is 23.6. The van der Waals surface area contributed by atoms with E-state index in [1.165, 1.54) is 120 Å². The summed E-state index contributed by atoms with van der Waals surface area (Å²) in [5, 5.41) is 7.93. The van der Waals surface area contributed by atoms with Gasteiger partial charge in [-0.2, -0.15) is 0 Å². The van der Waals surface area contributed by atoms with E-state index in [4.69, 9.17) is 0 Å². The van der Waals surface area contributed by atoms with Gasteiger partial charge in [0.05, 0.1) is 0 Å². The zero-order valence-electron chi connectivity index (χ0n) is 37.2. The van der Waals surface area contributed by atoms with Crippen molar-refractivity contribution in [3.05, 3.63) is 241 Å². The molecule has 0 aliphatic heterocycles. The third kappa shape index (κ3) is 6.33. The summed E-state index contributed by atoms with van der Waals surface area (Å²) in [7, 11) is 0. The van der Waals surface area contributed by atoms with Gasteiger partial charge in [0.25, 0.3) is 0 Å². The molecule has 1 heterocycles. The fraction of sp³-hybridized carbons (Fsp3) is 0.0938. The summed E-state index contributed by atoms with van der Waals surface area (Å²) in [4.78, 5) is 0. The smallest absolute Gasteiger partial charge is 0.0434 e. The van der Waals surface area contributed by atoms with E-state index in [0.29, 0.717) is 0 Å². The van der Waals surface area contributed by atoms with Crippen molar-refractivity contribution in [2.45, 2.75) is 38.5 Å². The second-order valence-electron chi connectivity index (χ2n) is 18.8. The lowest BCUT2D eigenvalue weighted by Crippen LogP contribution is -2.15. The Labute approximate surface area is 385 Å². The predicted octanol–water partition coefficient (Wildman–Crippen LogP) is 18.2. The van der Waals surface area contributed by atoms with Gasteiger partial charge in [-0.25, -0.2) is 0 Å². The highest BCUT2D eigenvalue weighted by molar-refractivity contribution is 7.26. The summed E-state index contributed by atoms with van der Waals surface area (Å²) < 4.78 is 2.74. The number of hydrogen-bond donors (Lipinski definition) is 0. The van der Waals surface area contributed by atoms with Gasteiger partial charge >= 0.3 is 0 Å². The maximum Gasteiger partial charge on any atom is 0.0434 e. The largest absolute Gasteiger partial charge is 0.135 e. The van der Waals surface area contributed by atoms with Crippen LogP contribution in [-0.2, 0) is 10.8 Å². The number of rotatable bonds is 3. The lowest BCUT2D eigenvalue weighted by molar-refractivity contribution is 0.660. The molecule has 0 radical (unpaired) electrons. The Morgan fingerprint density at radius 2 is 0.769 bits per heavy atom. The average Bonchev–Trinajstić information content (AvgIpc) is 3.91. The first-order chi connectivity index (χ1) is 31.8. The molecule has 310 valence electrons. The molecule has 2 aliphatic rings. The summed E-state index contributed by atoms with van der Waals surface area (Å²) in [5.41, 5.74) is 18.1. The molecule has 0 spiro atoms. The van der Waals surface area contributed by atoms with E-state index in [0.717, 1.165) is 0 Å². The predicted molar refractivity (Wildman–Crippen MR) is 281 cm³/mol. The fourth-order valence-electron chi connectivity index (χ4n) is 11.0. The highest BCUT2D eigenvalue weighted by Crippen LogP contribution is 2.55. The number of thiophene rings is 1. The second-order valence-corrected chi connectivity index (χ2v) is 19.9. The van der Waals surface area contributed by atoms with Crippen LogP contribution >= 0.6 is 11.3 Å². The minimum absolute atomic E-state index is 0.113. The van der Waals surface area contributed by atoms with E-state index in [2.05, 4.69) is 246 Å². The minimum Gasteiger partial charge on any atom is -0.135 e. The standard InChI is InChI=1S/C64H48S/c1-63(2)56-37-36-54-52(34-35-53-51-25-15-16-27-60(51)65-62(53)54)61(56)55-33-30-46(40-59(55)63)45-29-32-50-49-31-28-44(38-57(49)64(3,4)58(50)39-45)41-18-9-5-7-11-20-42(21-12-8-6-10-19-41)48-26-17-23-43-22-13-14-24-47(43)48/h5-40H,1-4H3. The quantitative estimate of drug-likeness (QED) is 0.166. The Morgan fingerprint density at radius 3 is 1.45 bits per heavy atom. The van der Waals surface area contributed by atoms with E-state index >= 15 is 0 Å². The average molecular weight is 849 g/mol. The van der Waals surface area contributed by atoms with Gasteiger partial charge in [-0.05, 0) is 118 Å². The highest BCUT2D eigenvalue weighted by atomic mass is 32.1. The maximum atomic E-state index is 2.48. The monoisotopic (exact) mass is 848 g/mol. The van der Waals surface area contributed by atoms with Crippen LogP contribution in [-0.4, -0.2) is 0 Å². The van der Waals surface area contributed by atoms with Crippen molar-refractivity contribution >= 4 is 53.1 Å². The second kappa shape index (κ2) is 15.2. The molecule has 0 unspecified atom stereocenters. The molecular weight excluding hydrogens is 801 g/mol. The normalized spacial score (nSPS) is 13.8. The summed E-state index contributed by atoms with van der Waals surface area (Å²) in [5.74, 6) is 0. The van der Waals surface area contributed by atoms with E-state index in [1.54, 1.807) is 0 Å². The van der Waals surface area contributed by atoms with Crippen LogP contribution in [0.2, 0.25) is 0 Å². The summed E-state index contributed by atoms with van der Waals surface area (Å²) in [6.07, 6.45) is 0. The number of fused-ring (bicyclic) bond motifs is 13. The Hall–Kier alpha value is -7.32. The van der Waals surface area contributed by atoms with Crippen LogP contribution in [0.3, 0.4) is 0 Å². The minimum atomic E-state index is -0.164. The van der Waals surface area contributed by atoms with Gasteiger partial charge in [0.2, 0.25) is 0 Å². The Bertz CT molecular complexity index is 3680. The zero-order valence-corrected chi connectivity index (χ0v) is 38.0. The molecule has 0 saturated heterocycles. The Balaban J connectivity index is 0.869. The topological polar surface area (TPSA) is 0 Å². The SMILES string of the molecule is CC1(C)c2cc(-c3ccccccc(-c4cccc5ccccc45)cccccc3)ccc2-c2ccc(-c3ccc4c(c3)C(C)(C)c3ccc5c(ccc6c7ccccc7sc56)c3-4)cc21. The van der Waals surface area contributed by atoms with E-state index in [9.17, 15) is 0 Å². The summed E-state index contributed by atoms with van der Waals surface area (Å²) in [6, 6.07) is 80.8. The van der Waals surface area contributed by atoms with Gasteiger partial charge < -0.3 is 0 Å². The molecule has 2 aliphatic carbocycles. The van der Waals surface area contributed by atoms with Crippen molar-refractivity contribution in [1.82, 2.24) is 0 Å².